The number of aromatic amines is 2. The van der Waals surface area contributed by atoms with Crippen LogP contribution in [0.1, 0.15) is 12.5 Å². The van der Waals surface area contributed by atoms with Gasteiger partial charge in [-0.25, -0.2) is 4.98 Å². The predicted molar refractivity (Wildman–Crippen MR) is 134 cm³/mol. The number of nitrogens with zero attached hydrogens (tertiary/aromatic N) is 4. The molecule has 0 aliphatic rings. The van der Waals surface area contributed by atoms with Gasteiger partial charge in [0.2, 0.25) is 0 Å². The monoisotopic (exact) mass is 432 g/mol. The molecule has 0 saturated carbocycles. The van der Waals surface area contributed by atoms with E-state index in [0.29, 0.717) is 0 Å². The summed E-state index contributed by atoms with van der Waals surface area (Å²) in [5, 5.41) is 11.1. The van der Waals surface area contributed by atoms with Crippen LogP contribution in [0.25, 0.3) is 55.4 Å². The number of imidazole rings is 1. The lowest BCUT2D eigenvalue weighted by Gasteiger charge is -2.13. The summed E-state index contributed by atoms with van der Waals surface area (Å²) in [6.45, 7) is 4.01. The molecular weight excluding hydrogens is 408 g/mol. The molecule has 2 N–H and O–H groups in total. The van der Waals surface area contributed by atoms with E-state index in [-0.39, 0.29) is 0 Å². The number of hydrogen-bond donors (Lipinski definition) is 2. The second kappa shape index (κ2) is 7.83. The third-order valence-electron chi connectivity index (χ3n) is 6.34. The summed E-state index contributed by atoms with van der Waals surface area (Å²) in [5.41, 5.74) is 7.25. The summed E-state index contributed by atoms with van der Waals surface area (Å²) < 4.78 is 0. The zero-order valence-electron chi connectivity index (χ0n) is 18.6. The highest BCUT2D eigenvalue weighted by molar-refractivity contribution is 6.00. The van der Waals surface area contributed by atoms with Crippen molar-refractivity contribution in [3.8, 4) is 22.6 Å². The van der Waals surface area contributed by atoms with Gasteiger partial charge in [0.1, 0.15) is 5.69 Å². The summed E-state index contributed by atoms with van der Waals surface area (Å²) in [5.74, 6) is 0.774. The van der Waals surface area contributed by atoms with Crippen LogP contribution in [0.4, 0.5) is 0 Å². The third kappa shape index (κ3) is 3.36. The Morgan fingerprint density at radius 3 is 2.73 bits per heavy atom. The summed E-state index contributed by atoms with van der Waals surface area (Å²) in [6.07, 6.45) is 3.84. The Morgan fingerprint density at radius 2 is 1.82 bits per heavy atom. The van der Waals surface area contributed by atoms with Crippen molar-refractivity contribution in [1.29, 1.82) is 0 Å². The van der Waals surface area contributed by atoms with Crippen LogP contribution in [0.3, 0.4) is 0 Å². The first-order valence-electron chi connectivity index (χ1n) is 11.2. The van der Waals surface area contributed by atoms with Gasteiger partial charge in [-0.05, 0) is 48.3 Å². The van der Waals surface area contributed by atoms with Crippen molar-refractivity contribution in [1.82, 2.24) is 30.0 Å². The van der Waals surface area contributed by atoms with Gasteiger partial charge in [-0.2, -0.15) is 5.10 Å². The van der Waals surface area contributed by atoms with E-state index in [9.17, 15) is 0 Å². The molecule has 3 heterocycles. The average molecular weight is 433 g/mol. The number of rotatable bonds is 5. The van der Waals surface area contributed by atoms with Crippen LogP contribution in [0.15, 0.2) is 73.1 Å². The van der Waals surface area contributed by atoms with Crippen molar-refractivity contribution in [3.05, 3.63) is 78.6 Å². The fourth-order valence-corrected chi connectivity index (χ4v) is 4.44. The number of pyridine rings is 1. The van der Waals surface area contributed by atoms with E-state index in [0.717, 1.165) is 63.1 Å². The number of fused-ring (bicyclic) bond motifs is 3. The highest BCUT2D eigenvalue weighted by atomic mass is 15.1. The molecule has 162 valence electrons. The lowest BCUT2D eigenvalue weighted by molar-refractivity contribution is 0.347. The molecule has 3 aromatic carbocycles. The molecule has 0 radical (unpaired) electrons. The van der Waals surface area contributed by atoms with Gasteiger partial charge in [0.05, 0.1) is 16.6 Å². The minimum atomic E-state index is 0.774. The number of para-hydroxylation sites is 1. The normalized spacial score (nSPS) is 11.8. The second-order valence-electron chi connectivity index (χ2n) is 8.47. The Morgan fingerprint density at radius 1 is 0.909 bits per heavy atom. The van der Waals surface area contributed by atoms with Gasteiger partial charge >= 0.3 is 0 Å². The first-order chi connectivity index (χ1) is 16.2. The molecule has 0 bridgehead atoms. The molecule has 0 amide bonds. The smallest absolute Gasteiger partial charge is 0.159 e. The van der Waals surface area contributed by atoms with Crippen LogP contribution in [0, 0.1) is 0 Å². The van der Waals surface area contributed by atoms with Gasteiger partial charge in [0.25, 0.3) is 0 Å². The van der Waals surface area contributed by atoms with Crippen LogP contribution in [-0.4, -0.2) is 43.6 Å². The second-order valence-corrected chi connectivity index (χ2v) is 8.47. The lowest BCUT2D eigenvalue weighted by Crippen LogP contribution is -2.16. The maximum atomic E-state index is 4.97. The van der Waals surface area contributed by atoms with Crippen LogP contribution in [-0.2, 0) is 6.54 Å². The van der Waals surface area contributed by atoms with Crippen molar-refractivity contribution in [2.45, 2.75) is 13.5 Å². The van der Waals surface area contributed by atoms with E-state index >= 15 is 0 Å². The maximum absolute atomic E-state index is 4.97. The molecule has 0 fully saturated rings. The predicted octanol–water partition coefficient (Wildman–Crippen LogP) is 5.77. The highest BCUT2D eigenvalue weighted by Gasteiger charge is 2.16. The molecule has 0 saturated heterocycles. The number of aromatic nitrogens is 5. The van der Waals surface area contributed by atoms with E-state index in [1.165, 1.54) is 10.9 Å². The zero-order chi connectivity index (χ0) is 22.4. The van der Waals surface area contributed by atoms with Crippen molar-refractivity contribution in [3.63, 3.8) is 0 Å². The third-order valence-corrected chi connectivity index (χ3v) is 6.34. The largest absolute Gasteiger partial charge is 0.337 e. The summed E-state index contributed by atoms with van der Waals surface area (Å²) in [4.78, 5) is 15.2. The number of hydrogen-bond acceptors (Lipinski definition) is 4. The van der Waals surface area contributed by atoms with Gasteiger partial charge in [0.15, 0.2) is 5.82 Å². The SMILES string of the molecule is CCN(C)Cc1cccc2[nH]c(-c3n[nH]c4ccc(-c5cncc6ccccc56)cc34)nc12. The van der Waals surface area contributed by atoms with Gasteiger partial charge in [-0.3, -0.25) is 10.1 Å². The van der Waals surface area contributed by atoms with Crippen molar-refractivity contribution in [2.24, 2.45) is 0 Å². The quantitative estimate of drug-likeness (QED) is 0.363. The minimum Gasteiger partial charge on any atom is -0.337 e. The van der Waals surface area contributed by atoms with Gasteiger partial charge in [0, 0.05) is 35.3 Å². The first-order valence-corrected chi connectivity index (χ1v) is 11.2. The molecule has 0 atom stereocenters. The summed E-state index contributed by atoms with van der Waals surface area (Å²) in [6, 6.07) is 21.0. The van der Waals surface area contributed by atoms with Crippen molar-refractivity contribution >= 4 is 32.7 Å². The van der Waals surface area contributed by atoms with Crippen LogP contribution < -0.4 is 0 Å². The molecule has 0 unspecified atom stereocenters. The topological polar surface area (TPSA) is 73.5 Å². The number of nitrogens with one attached hydrogen (secondary N) is 2. The van der Waals surface area contributed by atoms with E-state index in [4.69, 9.17) is 4.98 Å². The fourth-order valence-electron chi connectivity index (χ4n) is 4.44. The van der Waals surface area contributed by atoms with E-state index in [1.807, 2.05) is 18.5 Å². The standard InChI is InChI=1S/C27H24N6/c1-3-33(2)16-19-8-6-10-24-25(19)30-27(29-24)26-21-13-17(11-12-23(21)31-32-26)22-15-28-14-18-7-4-5-9-20(18)22/h4-15H,3,16H2,1-2H3,(H,29,30)(H,31,32). The van der Waals surface area contributed by atoms with Crippen molar-refractivity contribution in [2.75, 3.05) is 13.6 Å². The van der Waals surface area contributed by atoms with Crippen LogP contribution in [0.2, 0.25) is 0 Å². The van der Waals surface area contributed by atoms with Crippen molar-refractivity contribution < 1.29 is 0 Å². The molecule has 0 aliphatic heterocycles. The molecule has 33 heavy (non-hydrogen) atoms. The van der Waals surface area contributed by atoms with Crippen LogP contribution >= 0.6 is 0 Å². The first kappa shape index (κ1) is 19.6. The molecular formula is C27H24N6. The Balaban J connectivity index is 1.49. The Labute approximate surface area is 191 Å². The zero-order valence-corrected chi connectivity index (χ0v) is 18.6. The number of H-pyrrole nitrogens is 2. The molecule has 6 heteroatoms. The van der Waals surface area contributed by atoms with E-state index in [1.54, 1.807) is 0 Å². The Kier molecular flexibility index (Phi) is 4.66. The molecule has 0 spiro atoms. The molecule has 0 aliphatic carbocycles. The Hall–Kier alpha value is -4.03. The van der Waals surface area contributed by atoms with E-state index < -0.39 is 0 Å². The number of benzene rings is 3. The van der Waals surface area contributed by atoms with Gasteiger partial charge in [-0.1, -0.05) is 49.4 Å². The molecule has 3 aromatic heterocycles. The molecule has 6 aromatic rings. The Bertz CT molecular complexity index is 1600. The minimum absolute atomic E-state index is 0.774. The molecule has 6 nitrogen and oxygen atoms in total. The highest BCUT2D eigenvalue weighted by Crippen LogP contribution is 2.33. The lowest BCUT2D eigenvalue weighted by atomic mass is 9.99. The van der Waals surface area contributed by atoms with Gasteiger partial charge < -0.3 is 9.88 Å². The average Bonchev–Trinajstić information content (AvgIpc) is 3.47. The van der Waals surface area contributed by atoms with Crippen LogP contribution in [0.5, 0.6) is 0 Å². The fraction of sp³-hybridized carbons (Fsp3) is 0.148. The van der Waals surface area contributed by atoms with Gasteiger partial charge in [-0.15, -0.1) is 0 Å². The summed E-state index contributed by atoms with van der Waals surface area (Å²) in [7, 11) is 2.12. The maximum Gasteiger partial charge on any atom is 0.159 e. The molecule has 6 rings (SSSR count). The summed E-state index contributed by atoms with van der Waals surface area (Å²) >= 11 is 0. The van der Waals surface area contributed by atoms with E-state index in [2.05, 4.69) is 93.6 Å².